The van der Waals surface area contributed by atoms with Crippen LogP contribution in [0.4, 0.5) is 0 Å². The van der Waals surface area contributed by atoms with Gasteiger partial charge in [-0.1, -0.05) is 6.58 Å². The molecule has 7 nitrogen and oxygen atoms in total. The normalized spacial score (nSPS) is 21.6. The van der Waals surface area contributed by atoms with Crippen molar-refractivity contribution in [3.05, 3.63) is 24.3 Å². The van der Waals surface area contributed by atoms with Crippen LogP contribution in [-0.2, 0) is 28.7 Å². The van der Waals surface area contributed by atoms with Crippen LogP contribution in [0.2, 0.25) is 0 Å². The van der Waals surface area contributed by atoms with E-state index < -0.39 is 35.5 Å². The van der Waals surface area contributed by atoms with E-state index in [0.29, 0.717) is 0 Å². The molecule has 1 atom stereocenters. The second-order valence-electron chi connectivity index (χ2n) is 4.75. The van der Waals surface area contributed by atoms with Gasteiger partial charge in [-0.25, -0.2) is 0 Å². The summed E-state index contributed by atoms with van der Waals surface area (Å²) < 4.78 is 4.82. The lowest BCUT2D eigenvalue weighted by atomic mass is 10.2. The van der Waals surface area contributed by atoms with E-state index in [1.165, 1.54) is 0 Å². The van der Waals surface area contributed by atoms with Crippen LogP contribution in [0.25, 0.3) is 0 Å². The summed E-state index contributed by atoms with van der Waals surface area (Å²) in [5.41, 5.74) is 0.136. The molecule has 0 N–H and O–H groups in total. The second kappa shape index (κ2) is 5.82. The molecule has 1 aliphatic heterocycles. The molecule has 2 rings (SSSR count). The van der Waals surface area contributed by atoms with Crippen LogP contribution in [0.3, 0.4) is 0 Å². The number of hydrogen-bond donors (Lipinski definition) is 0. The molecule has 0 aromatic rings. The van der Waals surface area contributed by atoms with Crippen LogP contribution in [-0.4, -0.2) is 46.9 Å². The van der Waals surface area contributed by atoms with Gasteiger partial charge in [-0.05, 0) is 12.0 Å². The van der Waals surface area contributed by atoms with Crippen LogP contribution in [0.15, 0.2) is 24.3 Å². The van der Waals surface area contributed by atoms with E-state index in [0.717, 1.165) is 17.1 Å². The summed E-state index contributed by atoms with van der Waals surface area (Å²) in [5.74, 6) is -2.62. The van der Waals surface area contributed by atoms with E-state index in [1.807, 2.05) is 0 Å². The maximum Gasteiger partial charge on any atom is 0.307 e. The van der Waals surface area contributed by atoms with Gasteiger partial charge in [-0.2, -0.15) is 0 Å². The van der Waals surface area contributed by atoms with Gasteiger partial charge in [0.1, 0.15) is 0 Å². The highest BCUT2D eigenvalue weighted by Crippen LogP contribution is 2.19. The van der Waals surface area contributed by atoms with Gasteiger partial charge in [0, 0.05) is 31.5 Å². The summed E-state index contributed by atoms with van der Waals surface area (Å²) in [6.45, 7) is 3.51. The largest absolute Gasteiger partial charge is 0.446 e. The number of carbonyl (C=O) groups excluding carboxylic acids is 5. The SMILES string of the molecule is C=C1CC(=O)C(OC(=O)CCCN2C(=O)C=CC2=O)C1=O. The molecule has 7 heteroatoms. The molecule has 1 unspecified atom stereocenters. The molecule has 0 aromatic heterocycles. The fraction of sp³-hybridized carbons (Fsp3) is 0.357. The molecule has 0 radical (unpaired) electrons. The van der Waals surface area contributed by atoms with Gasteiger partial charge in [0.05, 0.1) is 0 Å². The Kier molecular flexibility index (Phi) is 4.11. The summed E-state index contributed by atoms with van der Waals surface area (Å²) in [4.78, 5) is 58.1. The van der Waals surface area contributed by atoms with Crippen molar-refractivity contribution in [3.8, 4) is 0 Å². The Morgan fingerprint density at radius 1 is 1.24 bits per heavy atom. The maximum atomic E-state index is 11.6. The van der Waals surface area contributed by atoms with E-state index in [-0.39, 0.29) is 31.4 Å². The monoisotopic (exact) mass is 291 g/mol. The standard InChI is InChI=1S/C14H13NO6/c1-8-7-9(16)14(13(8)20)21-12(19)3-2-6-15-10(17)4-5-11(15)18/h4-5,14H,1-3,6-7H2. The lowest BCUT2D eigenvalue weighted by Gasteiger charge is -2.13. The summed E-state index contributed by atoms with van der Waals surface area (Å²) >= 11 is 0. The molecule has 2 aliphatic rings. The third-order valence-electron chi connectivity index (χ3n) is 3.18. The first-order valence-electron chi connectivity index (χ1n) is 6.38. The van der Waals surface area contributed by atoms with Crippen LogP contribution in [0.5, 0.6) is 0 Å². The molecule has 1 heterocycles. The summed E-state index contributed by atoms with van der Waals surface area (Å²) in [7, 11) is 0. The summed E-state index contributed by atoms with van der Waals surface area (Å²) in [5, 5.41) is 0. The van der Waals surface area contributed by atoms with Gasteiger partial charge in [0.2, 0.25) is 11.9 Å². The molecule has 1 aliphatic carbocycles. The Hall–Kier alpha value is -2.57. The number of carbonyl (C=O) groups is 5. The van der Waals surface area contributed by atoms with Crippen molar-refractivity contribution in [2.24, 2.45) is 0 Å². The average Bonchev–Trinajstić information content (AvgIpc) is 2.86. The van der Waals surface area contributed by atoms with Crippen molar-refractivity contribution < 1.29 is 28.7 Å². The number of imide groups is 1. The number of ketones is 2. The number of Topliss-reactive ketones (excluding diaryl/α,β-unsaturated/α-hetero) is 2. The molecular weight excluding hydrogens is 278 g/mol. The Labute approximate surface area is 120 Å². The zero-order valence-electron chi connectivity index (χ0n) is 11.2. The van der Waals surface area contributed by atoms with Crippen LogP contribution in [0, 0.1) is 0 Å². The maximum absolute atomic E-state index is 11.6. The molecule has 0 aromatic carbocycles. The van der Waals surface area contributed by atoms with Gasteiger partial charge in [0.15, 0.2) is 5.78 Å². The molecule has 1 fully saturated rings. The highest BCUT2D eigenvalue weighted by Gasteiger charge is 2.39. The van der Waals surface area contributed by atoms with Gasteiger partial charge in [-0.15, -0.1) is 0 Å². The van der Waals surface area contributed by atoms with E-state index >= 15 is 0 Å². The lowest BCUT2D eigenvalue weighted by molar-refractivity contribution is -0.157. The Bertz CT molecular complexity index is 570. The number of rotatable bonds is 5. The minimum absolute atomic E-state index is 0.0824. The number of amides is 2. The molecule has 0 spiro atoms. The average molecular weight is 291 g/mol. The van der Waals surface area contributed by atoms with Crippen LogP contribution in [0.1, 0.15) is 19.3 Å². The smallest absolute Gasteiger partial charge is 0.307 e. The van der Waals surface area contributed by atoms with Crippen LogP contribution < -0.4 is 0 Å². The predicted octanol–water partition coefficient (Wildman–Crippen LogP) is -0.299. The first-order valence-corrected chi connectivity index (χ1v) is 6.38. The highest BCUT2D eigenvalue weighted by molar-refractivity contribution is 6.21. The van der Waals surface area contributed by atoms with E-state index in [4.69, 9.17) is 4.74 Å². The van der Waals surface area contributed by atoms with Crippen molar-refractivity contribution >= 4 is 29.4 Å². The van der Waals surface area contributed by atoms with Crippen molar-refractivity contribution in [2.75, 3.05) is 6.54 Å². The zero-order chi connectivity index (χ0) is 15.6. The van der Waals surface area contributed by atoms with Crippen molar-refractivity contribution in [3.63, 3.8) is 0 Å². The van der Waals surface area contributed by atoms with Gasteiger partial charge < -0.3 is 4.74 Å². The molecule has 21 heavy (non-hydrogen) atoms. The fourth-order valence-electron chi connectivity index (χ4n) is 2.06. The minimum atomic E-state index is -1.39. The van der Waals surface area contributed by atoms with Gasteiger partial charge in [0.25, 0.3) is 11.8 Å². The Balaban J connectivity index is 1.77. The quantitative estimate of drug-likeness (QED) is 0.298. The third-order valence-corrected chi connectivity index (χ3v) is 3.18. The topological polar surface area (TPSA) is 97.8 Å². The van der Waals surface area contributed by atoms with Crippen molar-refractivity contribution in [1.29, 1.82) is 0 Å². The minimum Gasteiger partial charge on any atom is -0.446 e. The fourth-order valence-corrected chi connectivity index (χ4v) is 2.06. The van der Waals surface area contributed by atoms with Crippen molar-refractivity contribution in [2.45, 2.75) is 25.4 Å². The van der Waals surface area contributed by atoms with E-state index in [2.05, 4.69) is 6.58 Å². The number of esters is 1. The number of ether oxygens (including phenoxy) is 1. The highest BCUT2D eigenvalue weighted by atomic mass is 16.6. The van der Waals surface area contributed by atoms with Gasteiger partial charge in [-0.3, -0.25) is 28.9 Å². The Morgan fingerprint density at radius 3 is 2.38 bits per heavy atom. The lowest BCUT2D eigenvalue weighted by Crippen LogP contribution is -2.32. The van der Waals surface area contributed by atoms with E-state index in [1.54, 1.807) is 0 Å². The molecule has 2 amide bonds. The Morgan fingerprint density at radius 2 is 1.86 bits per heavy atom. The third kappa shape index (κ3) is 3.13. The first kappa shape index (κ1) is 14.8. The zero-order valence-corrected chi connectivity index (χ0v) is 11.2. The number of hydrogen-bond acceptors (Lipinski definition) is 6. The number of nitrogens with zero attached hydrogens (tertiary/aromatic N) is 1. The van der Waals surface area contributed by atoms with Crippen molar-refractivity contribution in [1.82, 2.24) is 4.90 Å². The van der Waals surface area contributed by atoms with Crippen LogP contribution >= 0.6 is 0 Å². The van der Waals surface area contributed by atoms with E-state index in [9.17, 15) is 24.0 Å². The second-order valence-corrected chi connectivity index (χ2v) is 4.75. The summed E-state index contributed by atoms with van der Waals surface area (Å²) in [6.07, 6.45) is 0.930. The summed E-state index contributed by atoms with van der Waals surface area (Å²) in [6, 6.07) is 0. The molecule has 1 saturated carbocycles. The first-order chi connectivity index (χ1) is 9.90. The van der Waals surface area contributed by atoms with Gasteiger partial charge >= 0.3 is 5.97 Å². The molecule has 0 bridgehead atoms. The molecular formula is C14H13NO6. The molecule has 0 saturated heterocycles. The predicted molar refractivity (Wildman–Crippen MR) is 68.7 cm³/mol. The molecule has 110 valence electrons.